The van der Waals surface area contributed by atoms with E-state index in [1.54, 1.807) is 11.3 Å². The van der Waals surface area contributed by atoms with Crippen molar-refractivity contribution in [2.75, 3.05) is 12.4 Å². The second kappa shape index (κ2) is 5.41. The molecule has 0 aliphatic rings. The quantitative estimate of drug-likeness (QED) is 0.568. The minimum atomic E-state index is 0.613. The topological polar surface area (TPSA) is 9.23 Å². The van der Waals surface area contributed by atoms with Crippen LogP contribution in [0.3, 0.4) is 0 Å². The van der Waals surface area contributed by atoms with Crippen LogP contribution in [0.1, 0.15) is 4.88 Å². The van der Waals surface area contributed by atoms with E-state index in [2.05, 4.69) is 25.3 Å². The molecule has 0 N–H and O–H groups in total. The molecule has 0 amide bonds. The molecule has 0 fully saturated rings. The molecular weight excluding hydrogens is 188 g/mol. The van der Waals surface area contributed by atoms with E-state index in [0.717, 1.165) is 5.57 Å². The summed E-state index contributed by atoms with van der Waals surface area (Å²) < 4.78 is 5.39. The summed E-state index contributed by atoms with van der Waals surface area (Å²) in [6, 6.07) is 4.09. The highest BCUT2D eigenvalue weighted by molar-refractivity contribution is 7.80. The van der Waals surface area contributed by atoms with Crippen molar-refractivity contribution in [1.82, 2.24) is 0 Å². The lowest BCUT2D eigenvalue weighted by atomic mass is 10.4. The molecule has 0 atom stereocenters. The van der Waals surface area contributed by atoms with Gasteiger partial charge in [-0.2, -0.15) is 12.6 Å². The Labute approximate surface area is 82.5 Å². The molecule has 12 heavy (non-hydrogen) atoms. The van der Waals surface area contributed by atoms with Gasteiger partial charge in [0.2, 0.25) is 0 Å². The molecule has 0 aliphatic carbocycles. The molecule has 0 aromatic carbocycles. The third kappa shape index (κ3) is 3.43. The van der Waals surface area contributed by atoms with E-state index in [-0.39, 0.29) is 0 Å². The number of hydrogen-bond donors (Lipinski definition) is 1. The van der Waals surface area contributed by atoms with Gasteiger partial charge in [0.1, 0.15) is 0 Å². The Hall–Kier alpha value is -0.250. The lowest BCUT2D eigenvalue weighted by Crippen LogP contribution is -1.97. The first-order valence-corrected chi connectivity index (χ1v) is 5.22. The van der Waals surface area contributed by atoms with E-state index in [1.807, 2.05) is 11.4 Å². The highest BCUT2D eigenvalue weighted by atomic mass is 32.1. The molecule has 1 nitrogen and oxygen atoms in total. The van der Waals surface area contributed by atoms with Crippen molar-refractivity contribution in [2.45, 2.75) is 6.61 Å². The van der Waals surface area contributed by atoms with Gasteiger partial charge in [0.25, 0.3) is 0 Å². The zero-order valence-corrected chi connectivity index (χ0v) is 8.54. The molecule has 66 valence electrons. The molecule has 1 aromatic heterocycles. The highest BCUT2D eigenvalue weighted by Gasteiger charge is 1.94. The highest BCUT2D eigenvalue weighted by Crippen LogP contribution is 2.10. The van der Waals surface area contributed by atoms with Crippen LogP contribution in [0.2, 0.25) is 0 Å². The van der Waals surface area contributed by atoms with Crippen LogP contribution in [0.25, 0.3) is 0 Å². The SMILES string of the molecule is C=C(CS)COCc1cccs1. The monoisotopic (exact) mass is 200 g/mol. The van der Waals surface area contributed by atoms with E-state index >= 15 is 0 Å². The molecule has 0 unspecified atom stereocenters. The number of ether oxygens (including phenoxy) is 1. The Kier molecular flexibility index (Phi) is 4.43. The number of hydrogen-bond acceptors (Lipinski definition) is 3. The molecular formula is C9H12OS2. The van der Waals surface area contributed by atoms with Crippen LogP contribution in [0.15, 0.2) is 29.7 Å². The van der Waals surface area contributed by atoms with Gasteiger partial charge < -0.3 is 4.74 Å². The van der Waals surface area contributed by atoms with Crippen molar-refractivity contribution in [3.63, 3.8) is 0 Å². The van der Waals surface area contributed by atoms with Gasteiger partial charge in [-0.1, -0.05) is 12.6 Å². The third-order valence-electron chi connectivity index (χ3n) is 1.35. The normalized spacial score (nSPS) is 10.1. The summed E-state index contributed by atoms with van der Waals surface area (Å²) >= 11 is 5.80. The molecule has 0 spiro atoms. The summed E-state index contributed by atoms with van der Waals surface area (Å²) in [6.07, 6.45) is 0. The van der Waals surface area contributed by atoms with Crippen LogP contribution in [-0.4, -0.2) is 12.4 Å². The first-order valence-electron chi connectivity index (χ1n) is 3.70. The van der Waals surface area contributed by atoms with E-state index in [0.29, 0.717) is 19.0 Å². The van der Waals surface area contributed by atoms with Crippen molar-refractivity contribution < 1.29 is 4.74 Å². The average Bonchev–Trinajstić information content (AvgIpc) is 2.57. The van der Waals surface area contributed by atoms with Crippen molar-refractivity contribution in [3.05, 3.63) is 34.5 Å². The van der Waals surface area contributed by atoms with Gasteiger partial charge in [0.05, 0.1) is 13.2 Å². The zero-order valence-electron chi connectivity index (χ0n) is 6.82. The van der Waals surface area contributed by atoms with Gasteiger partial charge >= 0.3 is 0 Å². The predicted molar refractivity (Wildman–Crippen MR) is 57.0 cm³/mol. The molecule has 0 saturated carbocycles. The third-order valence-corrected chi connectivity index (χ3v) is 2.65. The second-order valence-corrected chi connectivity index (χ2v) is 3.83. The summed E-state index contributed by atoms with van der Waals surface area (Å²) in [5.41, 5.74) is 1.02. The van der Waals surface area contributed by atoms with Gasteiger partial charge in [-0.3, -0.25) is 0 Å². The summed E-state index contributed by atoms with van der Waals surface area (Å²) in [5.74, 6) is 0.699. The Bertz CT molecular complexity index is 229. The zero-order chi connectivity index (χ0) is 8.81. The lowest BCUT2D eigenvalue weighted by molar-refractivity contribution is 0.145. The number of thiol groups is 1. The van der Waals surface area contributed by atoms with Gasteiger partial charge in [-0.15, -0.1) is 11.3 Å². The van der Waals surface area contributed by atoms with Gasteiger partial charge in [0, 0.05) is 10.6 Å². The molecule has 0 aliphatic heterocycles. The fourth-order valence-electron chi connectivity index (χ4n) is 0.736. The maximum absolute atomic E-state index is 5.39. The molecule has 0 saturated heterocycles. The molecule has 1 rings (SSSR count). The number of thiophene rings is 1. The van der Waals surface area contributed by atoms with E-state index in [1.165, 1.54) is 4.88 Å². The van der Waals surface area contributed by atoms with Crippen LogP contribution in [-0.2, 0) is 11.3 Å². The van der Waals surface area contributed by atoms with Crippen LogP contribution in [0.5, 0.6) is 0 Å². The minimum absolute atomic E-state index is 0.613. The molecule has 1 aromatic rings. The standard InChI is InChI=1S/C9H12OS2/c1-8(7-11)5-10-6-9-3-2-4-12-9/h2-4,11H,1,5-7H2. The molecule has 3 heteroatoms. The maximum atomic E-state index is 5.39. The summed E-state index contributed by atoms with van der Waals surface area (Å²) in [6.45, 7) is 5.09. The summed E-state index contributed by atoms with van der Waals surface area (Å²) in [4.78, 5) is 1.25. The Morgan fingerprint density at radius 1 is 1.67 bits per heavy atom. The van der Waals surface area contributed by atoms with Crippen LogP contribution in [0, 0.1) is 0 Å². The largest absolute Gasteiger partial charge is 0.372 e. The average molecular weight is 200 g/mol. The first kappa shape index (κ1) is 9.84. The van der Waals surface area contributed by atoms with E-state index in [4.69, 9.17) is 4.74 Å². The lowest BCUT2D eigenvalue weighted by Gasteiger charge is -2.02. The Morgan fingerprint density at radius 3 is 3.08 bits per heavy atom. The predicted octanol–water partition coefficient (Wildman–Crippen LogP) is 2.75. The fourth-order valence-corrected chi connectivity index (χ4v) is 1.47. The van der Waals surface area contributed by atoms with Gasteiger partial charge in [-0.05, 0) is 17.0 Å². The smallest absolute Gasteiger partial charge is 0.0813 e. The van der Waals surface area contributed by atoms with Crippen LogP contribution in [0.4, 0.5) is 0 Å². The maximum Gasteiger partial charge on any atom is 0.0813 e. The van der Waals surface area contributed by atoms with Crippen molar-refractivity contribution in [3.8, 4) is 0 Å². The van der Waals surface area contributed by atoms with Crippen molar-refractivity contribution in [1.29, 1.82) is 0 Å². The number of rotatable bonds is 5. The molecule has 0 bridgehead atoms. The van der Waals surface area contributed by atoms with Crippen molar-refractivity contribution >= 4 is 24.0 Å². The minimum Gasteiger partial charge on any atom is -0.372 e. The molecule has 0 radical (unpaired) electrons. The fraction of sp³-hybridized carbons (Fsp3) is 0.333. The first-order chi connectivity index (χ1) is 5.83. The van der Waals surface area contributed by atoms with E-state index in [9.17, 15) is 0 Å². The van der Waals surface area contributed by atoms with Crippen LogP contribution < -0.4 is 0 Å². The second-order valence-electron chi connectivity index (χ2n) is 2.48. The van der Waals surface area contributed by atoms with Gasteiger partial charge in [-0.25, -0.2) is 0 Å². The molecule has 1 heterocycles. The Balaban J connectivity index is 2.15. The summed E-state index contributed by atoms with van der Waals surface area (Å²) in [5, 5.41) is 2.05. The van der Waals surface area contributed by atoms with Gasteiger partial charge in [0.15, 0.2) is 0 Å². The van der Waals surface area contributed by atoms with Crippen LogP contribution >= 0.6 is 24.0 Å². The van der Waals surface area contributed by atoms with Crippen molar-refractivity contribution in [2.24, 2.45) is 0 Å². The summed E-state index contributed by atoms with van der Waals surface area (Å²) in [7, 11) is 0. The Morgan fingerprint density at radius 2 is 2.50 bits per heavy atom. The van der Waals surface area contributed by atoms with E-state index < -0.39 is 0 Å².